The molecule has 0 aliphatic carbocycles. The molecule has 0 fully saturated rings. The average Bonchev–Trinajstić information content (AvgIpc) is 2.83. The maximum atomic E-state index is 13.3. The van der Waals surface area contributed by atoms with E-state index in [4.69, 9.17) is 4.74 Å². The van der Waals surface area contributed by atoms with Crippen LogP contribution in [0.25, 0.3) is 0 Å². The van der Waals surface area contributed by atoms with E-state index in [-0.39, 0.29) is 4.90 Å². The van der Waals surface area contributed by atoms with Gasteiger partial charge in [0.15, 0.2) is 0 Å². The molecule has 0 bridgehead atoms. The average molecular weight is 452 g/mol. The zero-order valence-electron chi connectivity index (χ0n) is 17.9. The third-order valence-corrected chi connectivity index (χ3v) is 6.56. The minimum atomic E-state index is -3.97. The van der Waals surface area contributed by atoms with Gasteiger partial charge in [0, 0.05) is 0 Å². The number of aryl methyl sites for hydroxylation is 1. The van der Waals surface area contributed by atoms with Gasteiger partial charge in [0.05, 0.1) is 23.9 Å². The Balaban J connectivity index is 1.79. The maximum absolute atomic E-state index is 13.3. The van der Waals surface area contributed by atoms with Crippen LogP contribution in [-0.4, -0.2) is 34.2 Å². The second kappa shape index (κ2) is 10.6. The molecule has 0 unspecified atom stereocenters. The molecule has 3 aromatic carbocycles. The standard InChI is InChI=1S/C24H25N3O4S/c1-3-19-9-11-20(12-10-19)17-25-26-24(28)18-27(21-13-15-22(31-2)16-14-21)32(29,30)23-7-5-4-6-8-23/h4-17H,3,18H2,1-2H3,(H,26,28)/b25-17+. The number of hydrogen-bond donors (Lipinski definition) is 1. The summed E-state index contributed by atoms with van der Waals surface area (Å²) < 4.78 is 32.7. The minimum Gasteiger partial charge on any atom is -0.497 e. The highest BCUT2D eigenvalue weighted by molar-refractivity contribution is 7.92. The molecule has 0 aliphatic rings. The van der Waals surface area contributed by atoms with Gasteiger partial charge in [0.2, 0.25) is 0 Å². The highest BCUT2D eigenvalue weighted by Gasteiger charge is 2.27. The number of rotatable bonds is 9. The number of hydrogen-bond acceptors (Lipinski definition) is 5. The molecule has 8 heteroatoms. The molecule has 7 nitrogen and oxygen atoms in total. The van der Waals surface area contributed by atoms with Crippen LogP contribution in [0.5, 0.6) is 5.75 Å². The van der Waals surface area contributed by atoms with Crippen molar-refractivity contribution in [2.45, 2.75) is 18.2 Å². The molecule has 0 saturated heterocycles. The molecular formula is C24H25N3O4S. The summed E-state index contributed by atoms with van der Waals surface area (Å²) in [6.45, 7) is 1.64. The van der Waals surface area contributed by atoms with E-state index >= 15 is 0 Å². The van der Waals surface area contributed by atoms with E-state index in [9.17, 15) is 13.2 Å². The number of carbonyl (C=O) groups is 1. The third kappa shape index (κ3) is 5.73. The van der Waals surface area contributed by atoms with E-state index in [0.29, 0.717) is 11.4 Å². The Labute approximate surface area is 188 Å². The van der Waals surface area contributed by atoms with Gasteiger partial charge in [-0.15, -0.1) is 0 Å². The number of benzene rings is 3. The molecule has 0 spiro atoms. The minimum absolute atomic E-state index is 0.0862. The lowest BCUT2D eigenvalue weighted by molar-refractivity contribution is -0.119. The second-order valence-electron chi connectivity index (χ2n) is 6.91. The first-order valence-corrected chi connectivity index (χ1v) is 11.5. The van der Waals surface area contributed by atoms with Crippen molar-refractivity contribution in [3.63, 3.8) is 0 Å². The summed E-state index contributed by atoms with van der Waals surface area (Å²) in [6, 6.07) is 22.2. The van der Waals surface area contributed by atoms with Gasteiger partial charge < -0.3 is 4.74 Å². The van der Waals surface area contributed by atoms with Crippen molar-refractivity contribution >= 4 is 27.8 Å². The van der Waals surface area contributed by atoms with E-state index in [1.807, 2.05) is 24.3 Å². The van der Waals surface area contributed by atoms with Crippen molar-refractivity contribution < 1.29 is 17.9 Å². The normalized spacial score (nSPS) is 11.3. The molecule has 0 saturated carbocycles. The molecule has 0 radical (unpaired) electrons. The highest BCUT2D eigenvalue weighted by Crippen LogP contribution is 2.25. The van der Waals surface area contributed by atoms with E-state index < -0.39 is 22.5 Å². The number of sulfonamides is 1. The summed E-state index contributed by atoms with van der Waals surface area (Å²) in [5.74, 6) is 0.00991. The number of methoxy groups -OCH3 is 1. The van der Waals surface area contributed by atoms with Crippen molar-refractivity contribution in [1.29, 1.82) is 0 Å². The zero-order valence-corrected chi connectivity index (χ0v) is 18.7. The summed E-state index contributed by atoms with van der Waals surface area (Å²) in [6.07, 6.45) is 2.45. The van der Waals surface area contributed by atoms with Gasteiger partial charge in [-0.25, -0.2) is 13.8 Å². The van der Waals surface area contributed by atoms with Crippen LogP contribution >= 0.6 is 0 Å². The van der Waals surface area contributed by atoms with Gasteiger partial charge in [0.25, 0.3) is 15.9 Å². The number of anilines is 1. The molecule has 0 heterocycles. The van der Waals surface area contributed by atoms with E-state index in [1.54, 1.807) is 42.5 Å². The van der Waals surface area contributed by atoms with E-state index in [0.717, 1.165) is 16.3 Å². The molecule has 32 heavy (non-hydrogen) atoms. The number of amides is 1. The van der Waals surface area contributed by atoms with Crippen LogP contribution in [0.2, 0.25) is 0 Å². The third-order valence-electron chi connectivity index (χ3n) is 4.77. The van der Waals surface area contributed by atoms with Crippen LogP contribution < -0.4 is 14.5 Å². The van der Waals surface area contributed by atoms with Gasteiger partial charge in [-0.3, -0.25) is 9.10 Å². The van der Waals surface area contributed by atoms with Crippen molar-refractivity contribution in [2.75, 3.05) is 18.0 Å². The second-order valence-corrected chi connectivity index (χ2v) is 8.77. The molecule has 166 valence electrons. The molecule has 3 aromatic rings. The fourth-order valence-corrected chi connectivity index (χ4v) is 4.41. The predicted octanol–water partition coefficient (Wildman–Crippen LogP) is 3.60. The first-order valence-electron chi connectivity index (χ1n) is 10.1. The Morgan fingerprint density at radius 1 is 1.00 bits per heavy atom. The van der Waals surface area contributed by atoms with Crippen LogP contribution in [0.1, 0.15) is 18.1 Å². The summed E-state index contributed by atoms with van der Waals surface area (Å²) >= 11 is 0. The number of nitrogens with zero attached hydrogens (tertiary/aromatic N) is 2. The summed E-state index contributed by atoms with van der Waals surface area (Å²) in [5, 5.41) is 3.96. The number of nitrogens with one attached hydrogen (secondary N) is 1. The van der Waals surface area contributed by atoms with Gasteiger partial charge in [-0.05, 0) is 53.9 Å². The lowest BCUT2D eigenvalue weighted by Crippen LogP contribution is -2.39. The number of hydrazone groups is 1. The molecule has 0 aliphatic heterocycles. The van der Waals surface area contributed by atoms with Crippen LogP contribution in [0.3, 0.4) is 0 Å². The summed E-state index contributed by atoms with van der Waals surface area (Å²) in [7, 11) is -2.45. The Morgan fingerprint density at radius 2 is 1.66 bits per heavy atom. The van der Waals surface area contributed by atoms with Crippen molar-refractivity contribution in [1.82, 2.24) is 5.43 Å². The van der Waals surface area contributed by atoms with Crippen LogP contribution in [0.15, 0.2) is 88.9 Å². The van der Waals surface area contributed by atoms with Gasteiger partial charge in [-0.2, -0.15) is 5.10 Å². The maximum Gasteiger partial charge on any atom is 0.264 e. The molecular weight excluding hydrogens is 426 g/mol. The Kier molecular flexibility index (Phi) is 7.62. The SMILES string of the molecule is CCc1ccc(/C=N/NC(=O)CN(c2ccc(OC)cc2)S(=O)(=O)c2ccccc2)cc1. The number of carbonyl (C=O) groups excluding carboxylic acids is 1. The Morgan fingerprint density at radius 3 is 2.25 bits per heavy atom. The van der Waals surface area contributed by atoms with Crippen LogP contribution in [0, 0.1) is 0 Å². The first-order chi connectivity index (χ1) is 15.4. The quantitative estimate of drug-likeness (QED) is 0.398. The monoisotopic (exact) mass is 451 g/mol. The summed E-state index contributed by atoms with van der Waals surface area (Å²) in [5.41, 5.74) is 4.77. The highest BCUT2D eigenvalue weighted by atomic mass is 32.2. The predicted molar refractivity (Wildman–Crippen MR) is 126 cm³/mol. The van der Waals surface area contributed by atoms with Crippen LogP contribution in [0.4, 0.5) is 5.69 Å². The summed E-state index contributed by atoms with van der Waals surface area (Å²) in [4.78, 5) is 12.6. The van der Waals surface area contributed by atoms with E-state index in [1.165, 1.54) is 31.0 Å². The van der Waals surface area contributed by atoms with Gasteiger partial charge in [-0.1, -0.05) is 49.4 Å². The van der Waals surface area contributed by atoms with Gasteiger partial charge >= 0.3 is 0 Å². The van der Waals surface area contributed by atoms with Crippen LogP contribution in [-0.2, 0) is 21.2 Å². The molecule has 0 atom stereocenters. The lowest BCUT2D eigenvalue weighted by Gasteiger charge is -2.23. The van der Waals surface area contributed by atoms with Gasteiger partial charge in [0.1, 0.15) is 12.3 Å². The fourth-order valence-electron chi connectivity index (χ4n) is 2.97. The van der Waals surface area contributed by atoms with Crippen molar-refractivity contribution in [3.8, 4) is 5.75 Å². The van der Waals surface area contributed by atoms with E-state index in [2.05, 4.69) is 17.5 Å². The first kappa shape index (κ1) is 23.0. The smallest absolute Gasteiger partial charge is 0.264 e. The largest absolute Gasteiger partial charge is 0.497 e. The number of ether oxygens (including phenoxy) is 1. The molecule has 3 rings (SSSR count). The molecule has 1 amide bonds. The Hall–Kier alpha value is -3.65. The molecule has 0 aromatic heterocycles. The van der Waals surface area contributed by atoms with Crippen molar-refractivity contribution in [2.24, 2.45) is 5.10 Å². The fraction of sp³-hybridized carbons (Fsp3) is 0.167. The zero-order chi connectivity index (χ0) is 23.0. The topological polar surface area (TPSA) is 88.1 Å². The van der Waals surface area contributed by atoms with Crippen molar-refractivity contribution in [3.05, 3.63) is 90.0 Å². The molecule has 1 N–H and O–H groups in total. The Bertz CT molecular complexity index is 1160. The lowest BCUT2D eigenvalue weighted by atomic mass is 10.1.